The van der Waals surface area contributed by atoms with Gasteiger partial charge in [-0.05, 0) is 55.7 Å². The van der Waals surface area contributed by atoms with Crippen LogP contribution in [0.25, 0.3) is 0 Å². The Kier molecular flexibility index (Phi) is 13.5. The number of benzene rings is 2. The molecule has 0 spiro atoms. The Morgan fingerprint density at radius 3 is 1.50 bits per heavy atom. The molecular formula is C28H28F6O6. The molecule has 0 unspecified atom stereocenters. The third kappa shape index (κ3) is 11.3. The summed E-state index contributed by atoms with van der Waals surface area (Å²) in [5.74, 6) is -2.89. The predicted octanol–water partition coefficient (Wildman–Crippen LogP) is 7.75. The van der Waals surface area contributed by atoms with Gasteiger partial charge in [-0.3, -0.25) is 0 Å². The number of carboxylic acid groups (broad SMARTS) is 1. The molecule has 0 aliphatic heterocycles. The summed E-state index contributed by atoms with van der Waals surface area (Å²) in [4.78, 5) is 22.4. The third-order valence-corrected chi connectivity index (χ3v) is 4.77. The van der Waals surface area contributed by atoms with Gasteiger partial charge in [0.25, 0.3) is 0 Å². The molecule has 2 rings (SSSR count). The number of ether oxygens (including phenoxy) is 3. The zero-order valence-corrected chi connectivity index (χ0v) is 21.3. The number of rotatable bonds is 13. The maximum absolute atomic E-state index is 12.9. The van der Waals surface area contributed by atoms with Crippen LogP contribution in [0.5, 0.6) is 11.5 Å². The Hall–Kier alpha value is -4.22. The summed E-state index contributed by atoms with van der Waals surface area (Å²) >= 11 is 0. The molecule has 0 fully saturated rings. The predicted molar refractivity (Wildman–Crippen MR) is 136 cm³/mol. The fourth-order valence-electron chi connectivity index (χ4n) is 2.83. The summed E-state index contributed by atoms with van der Waals surface area (Å²) in [5, 5.41) is 8.72. The highest BCUT2D eigenvalue weighted by atomic mass is 19.4. The lowest BCUT2D eigenvalue weighted by molar-refractivity contribution is -0.139. The molecule has 2 aromatic carbocycles. The van der Waals surface area contributed by atoms with Gasteiger partial charge in [-0.25, -0.2) is 9.59 Å². The number of halogens is 6. The zero-order valence-electron chi connectivity index (χ0n) is 21.3. The molecule has 0 saturated carbocycles. The Morgan fingerprint density at radius 2 is 1.10 bits per heavy atom. The van der Waals surface area contributed by atoms with Gasteiger partial charge in [0.05, 0.1) is 42.1 Å². The molecule has 218 valence electrons. The van der Waals surface area contributed by atoms with Gasteiger partial charge in [-0.2, -0.15) is 26.3 Å². The summed E-state index contributed by atoms with van der Waals surface area (Å²) in [5.41, 5.74) is -2.17. The number of alkyl halides is 6. The van der Waals surface area contributed by atoms with E-state index in [9.17, 15) is 35.9 Å². The first-order valence-electron chi connectivity index (χ1n) is 11.7. The third-order valence-electron chi connectivity index (χ3n) is 4.77. The van der Waals surface area contributed by atoms with Crippen LogP contribution in [-0.4, -0.2) is 36.9 Å². The molecule has 40 heavy (non-hydrogen) atoms. The lowest BCUT2D eigenvalue weighted by atomic mass is 10.1. The number of carbonyl (C=O) groups excluding carboxylic acids is 1. The molecule has 0 saturated heterocycles. The number of esters is 1. The van der Waals surface area contributed by atoms with E-state index in [-0.39, 0.29) is 30.9 Å². The van der Waals surface area contributed by atoms with E-state index in [0.29, 0.717) is 25.3 Å². The van der Waals surface area contributed by atoms with Crippen molar-refractivity contribution in [1.29, 1.82) is 0 Å². The van der Waals surface area contributed by atoms with Crippen LogP contribution in [0.15, 0.2) is 74.4 Å². The van der Waals surface area contributed by atoms with Crippen LogP contribution in [-0.2, 0) is 17.1 Å². The molecule has 0 aromatic heterocycles. The van der Waals surface area contributed by atoms with Crippen LogP contribution in [0.2, 0.25) is 0 Å². The van der Waals surface area contributed by atoms with Crippen LogP contribution in [0, 0.1) is 0 Å². The zero-order chi connectivity index (χ0) is 30.3. The monoisotopic (exact) mass is 574 g/mol. The molecule has 2 aromatic rings. The maximum Gasteiger partial charge on any atom is 0.419 e. The molecule has 0 heterocycles. The minimum Gasteiger partial charge on any atom is -0.493 e. The highest BCUT2D eigenvalue weighted by Gasteiger charge is 2.35. The van der Waals surface area contributed by atoms with Crippen LogP contribution in [0.3, 0.4) is 0 Å². The van der Waals surface area contributed by atoms with Gasteiger partial charge in [0, 0.05) is 0 Å². The molecule has 0 bridgehead atoms. The summed E-state index contributed by atoms with van der Waals surface area (Å²) in [6.07, 6.45) is -3.32. The fraction of sp³-hybridized carbons (Fsp3) is 0.286. The van der Waals surface area contributed by atoms with E-state index in [1.807, 2.05) is 0 Å². The van der Waals surface area contributed by atoms with Crippen molar-refractivity contribution >= 4 is 11.9 Å². The van der Waals surface area contributed by atoms with E-state index >= 15 is 0 Å². The lowest BCUT2D eigenvalue weighted by Crippen LogP contribution is -2.12. The first kappa shape index (κ1) is 33.8. The molecule has 0 amide bonds. The molecule has 0 aliphatic rings. The van der Waals surface area contributed by atoms with Gasteiger partial charge >= 0.3 is 24.3 Å². The lowest BCUT2D eigenvalue weighted by Gasteiger charge is -2.14. The maximum atomic E-state index is 12.9. The van der Waals surface area contributed by atoms with Crippen molar-refractivity contribution in [2.75, 3.05) is 19.8 Å². The van der Waals surface area contributed by atoms with Gasteiger partial charge in [0.15, 0.2) is 0 Å². The number of hydrogen-bond acceptors (Lipinski definition) is 5. The fourth-order valence-corrected chi connectivity index (χ4v) is 2.83. The van der Waals surface area contributed by atoms with Crippen molar-refractivity contribution in [3.05, 3.63) is 96.6 Å². The summed E-state index contributed by atoms with van der Waals surface area (Å²) in [7, 11) is 0. The molecule has 0 atom stereocenters. The highest BCUT2D eigenvalue weighted by molar-refractivity contribution is 5.90. The minimum absolute atomic E-state index is 0.00525. The van der Waals surface area contributed by atoms with E-state index < -0.39 is 46.9 Å². The smallest absolute Gasteiger partial charge is 0.419 e. The Bertz CT molecular complexity index is 1170. The van der Waals surface area contributed by atoms with Crippen LogP contribution in [0.4, 0.5) is 26.3 Å². The summed E-state index contributed by atoms with van der Waals surface area (Å²) < 4.78 is 91.6. The van der Waals surface area contributed by atoms with Crippen molar-refractivity contribution in [2.24, 2.45) is 0 Å². The molecule has 6 nitrogen and oxygen atoms in total. The average molecular weight is 575 g/mol. The first-order chi connectivity index (χ1) is 18.8. The number of aromatic carboxylic acids is 1. The van der Waals surface area contributed by atoms with Crippen molar-refractivity contribution in [3.8, 4) is 11.5 Å². The molecule has 0 aliphatic carbocycles. The van der Waals surface area contributed by atoms with Crippen molar-refractivity contribution in [1.82, 2.24) is 0 Å². The Morgan fingerprint density at radius 1 is 0.700 bits per heavy atom. The second kappa shape index (κ2) is 16.0. The van der Waals surface area contributed by atoms with Crippen LogP contribution >= 0.6 is 0 Å². The van der Waals surface area contributed by atoms with Gasteiger partial charge < -0.3 is 19.3 Å². The standard InChI is InChI=1S/C16H17F3O3.C12H11F3O3/c1-3-5-9-21-14-11-12(15(20)22-10-6-4-2)7-8-13(14)16(17,18)19;1-2-3-6-18-10-7-8(11(16)17)4-5-9(10)12(13,14)15/h3-4,7-8,11H,1-2,5-6,9-10H2;2,4-5,7H,1,3,6H2,(H,16,17). The van der Waals surface area contributed by atoms with Gasteiger partial charge in [-0.1, -0.05) is 18.2 Å². The van der Waals surface area contributed by atoms with Crippen molar-refractivity contribution < 1.29 is 55.2 Å². The van der Waals surface area contributed by atoms with Crippen molar-refractivity contribution in [3.63, 3.8) is 0 Å². The Labute approximate surface area is 227 Å². The highest BCUT2D eigenvalue weighted by Crippen LogP contribution is 2.38. The second-order valence-corrected chi connectivity index (χ2v) is 7.79. The number of carboxylic acids is 1. The van der Waals surface area contributed by atoms with E-state index in [0.717, 1.165) is 30.3 Å². The van der Waals surface area contributed by atoms with Gasteiger partial charge in [0.1, 0.15) is 11.5 Å². The van der Waals surface area contributed by atoms with Crippen LogP contribution in [0.1, 0.15) is 51.1 Å². The van der Waals surface area contributed by atoms with E-state index in [1.54, 1.807) is 6.08 Å². The largest absolute Gasteiger partial charge is 0.493 e. The van der Waals surface area contributed by atoms with E-state index in [1.165, 1.54) is 12.2 Å². The number of carbonyl (C=O) groups is 2. The van der Waals surface area contributed by atoms with Gasteiger partial charge in [-0.15, -0.1) is 19.7 Å². The molecule has 1 N–H and O–H groups in total. The molecule has 0 radical (unpaired) electrons. The summed E-state index contributed by atoms with van der Waals surface area (Å²) in [6.45, 7) is 10.5. The second-order valence-electron chi connectivity index (χ2n) is 7.79. The van der Waals surface area contributed by atoms with Crippen molar-refractivity contribution in [2.45, 2.75) is 31.6 Å². The quantitative estimate of drug-likeness (QED) is 0.114. The normalized spacial score (nSPS) is 10.9. The Balaban J connectivity index is 0.000000408. The molecular weight excluding hydrogens is 546 g/mol. The topological polar surface area (TPSA) is 82.1 Å². The van der Waals surface area contributed by atoms with E-state index in [4.69, 9.17) is 19.3 Å². The van der Waals surface area contributed by atoms with E-state index in [2.05, 4.69) is 19.7 Å². The average Bonchev–Trinajstić information content (AvgIpc) is 2.88. The molecule has 12 heteroatoms. The first-order valence-corrected chi connectivity index (χ1v) is 11.7. The van der Waals surface area contributed by atoms with Crippen LogP contribution < -0.4 is 9.47 Å². The van der Waals surface area contributed by atoms with Gasteiger partial charge in [0.2, 0.25) is 0 Å². The minimum atomic E-state index is -4.58. The summed E-state index contributed by atoms with van der Waals surface area (Å²) in [6, 6.07) is 5.39. The SMILES string of the molecule is C=CCCOC(=O)c1ccc(C(F)(F)F)c(OCCC=C)c1.C=CCCOc1cc(C(=O)O)ccc1C(F)(F)F. The number of hydrogen-bond donors (Lipinski definition) is 1.